The molecule has 2 aliphatic rings. The fraction of sp³-hybridized carbons (Fsp3) is 0.282. The Kier molecular flexibility index (Phi) is 9.49. The van der Waals surface area contributed by atoms with Gasteiger partial charge in [-0.05, 0) is 73.9 Å². The van der Waals surface area contributed by atoms with Crippen LogP contribution in [0.4, 0.5) is 23.0 Å². The molecule has 0 unspecified atom stereocenters. The normalized spacial score (nSPS) is 16.1. The molecule has 8 aromatic heterocycles. The zero-order chi connectivity index (χ0) is 39.2. The van der Waals surface area contributed by atoms with Gasteiger partial charge in [0.15, 0.2) is 11.5 Å². The highest BCUT2D eigenvalue weighted by molar-refractivity contribution is 7.19. The maximum atomic E-state index is 12.1. The van der Waals surface area contributed by atoms with Crippen molar-refractivity contribution in [2.45, 2.75) is 38.5 Å². The molecule has 290 valence electrons. The zero-order valence-electron chi connectivity index (χ0n) is 31.1. The number of aryl methyl sites for hydroxylation is 2. The van der Waals surface area contributed by atoms with Gasteiger partial charge >= 0.3 is 5.97 Å². The Morgan fingerprint density at radius 2 is 1.25 bits per heavy atom. The summed E-state index contributed by atoms with van der Waals surface area (Å²) in [4.78, 5) is 45.5. The predicted octanol–water partition coefficient (Wildman–Crippen LogP) is 6.22. The Bertz CT molecular complexity index is 2830. The average Bonchev–Trinajstić information content (AvgIpc) is 4.04. The first kappa shape index (κ1) is 36.3. The molecule has 8 heterocycles. The molecule has 0 aliphatic heterocycles. The van der Waals surface area contributed by atoms with Gasteiger partial charge in [0.2, 0.25) is 5.91 Å². The third-order valence-electron chi connectivity index (χ3n) is 10.6. The van der Waals surface area contributed by atoms with E-state index in [2.05, 4.69) is 46.1 Å². The number of carboxylic acids is 1. The number of aromatic nitrogens is 8. The molecule has 0 aromatic carbocycles. The van der Waals surface area contributed by atoms with E-state index in [1.54, 1.807) is 71.7 Å². The molecule has 10 rings (SSSR count). The van der Waals surface area contributed by atoms with Gasteiger partial charge in [-0.1, -0.05) is 0 Å². The van der Waals surface area contributed by atoms with Crippen LogP contribution in [0.15, 0.2) is 61.7 Å². The number of methoxy groups -OCH3 is 2. The van der Waals surface area contributed by atoms with Crippen molar-refractivity contribution >= 4 is 89.0 Å². The third-order valence-corrected chi connectivity index (χ3v) is 12.9. The van der Waals surface area contributed by atoms with Gasteiger partial charge in [0.1, 0.15) is 34.0 Å². The number of thiophene rings is 2. The Balaban J connectivity index is 0.000000148. The van der Waals surface area contributed by atoms with E-state index in [-0.39, 0.29) is 17.7 Å². The number of nitrogens with one attached hydrogen (secondary N) is 3. The van der Waals surface area contributed by atoms with E-state index < -0.39 is 5.97 Å². The number of hydrogen-bond acceptors (Lipinski definition) is 14. The number of carboxylic acid groups (broad SMARTS) is 1. The minimum atomic E-state index is -0.730. The number of carbonyl (C=O) groups is 2. The number of carbonyl (C=O) groups excluding carboxylic acids is 1. The minimum absolute atomic E-state index is 0.0225. The SMILES string of the molecule is CNC(=O)[C@H]1CCc2c(sc3ncnc(Nc4cc5ccnn5cc4OC)c23)C1.COc1cn2nccc2cc1Nc1ncnc2sc3c(c12)CC[C@H](C(=O)O)C3. The molecular formula is C39H37N11O5S2. The highest BCUT2D eigenvalue weighted by Gasteiger charge is 2.30. The molecule has 16 nitrogen and oxygen atoms in total. The van der Waals surface area contributed by atoms with E-state index in [1.165, 1.54) is 16.8 Å². The summed E-state index contributed by atoms with van der Waals surface area (Å²) in [6, 6.07) is 7.80. The quantitative estimate of drug-likeness (QED) is 0.135. The van der Waals surface area contributed by atoms with Crippen molar-refractivity contribution in [2.75, 3.05) is 31.9 Å². The van der Waals surface area contributed by atoms with E-state index in [0.29, 0.717) is 36.6 Å². The molecule has 0 spiro atoms. The first-order valence-corrected chi connectivity index (χ1v) is 20.0. The second-order valence-corrected chi connectivity index (χ2v) is 16.0. The van der Waals surface area contributed by atoms with E-state index in [1.807, 2.05) is 36.7 Å². The molecule has 18 heteroatoms. The van der Waals surface area contributed by atoms with Gasteiger partial charge in [0, 0.05) is 35.1 Å². The summed E-state index contributed by atoms with van der Waals surface area (Å²) >= 11 is 3.21. The first-order chi connectivity index (χ1) is 27.8. The molecule has 0 fully saturated rings. The van der Waals surface area contributed by atoms with E-state index in [0.717, 1.165) is 78.4 Å². The van der Waals surface area contributed by atoms with Crippen LogP contribution < -0.4 is 25.4 Å². The number of anilines is 4. The second-order valence-electron chi connectivity index (χ2n) is 13.8. The topological polar surface area (TPSA) is 195 Å². The lowest BCUT2D eigenvalue weighted by Crippen LogP contribution is -2.31. The average molecular weight is 804 g/mol. The van der Waals surface area contributed by atoms with Crippen molar-refractivity contribution in [2.24, 2.45) is 11.8 Å². The summed E-state index contributed by atoms with van der Waals surface area (Å²) in [5.41, 5.74) is 5.90. The molecule has 0 saturated carbocycles. The second kappa shape index (κ2) is 14.9. The molecule has 0 radical (unpaired) electrons. The zero-order valence-corrected chi connectivity index (χ0v) is 32.8. The lowest BCUT2D eigenvalue weighted by atomic mass is 9.87. The van der Waals surface area contributed by atoms with Crippen LogP contribution >= 0.6 is 22.7 Å². The van der Waals surface area contributed by atoms with Crippen molar-refractivity contribution < 1.29 is 24.2 Å². The van der Waals surface area contributed by atoms with Gasteiger partial charge in [0.05, 0.1) is 65.7 Å². The lowest BCUT2D eigenvalue weighted by molar-refractivity contribution is -0.142. The van der Waals surface area contributed by atoms with E-state index >= 15 is 0 Å². The molecule has 2 atom stereocenters. The maximum absolute atomic E-state index is 12.1. The highest BCUT2D eigenvalue weighted by Crippen LogP contribution is 2.43. The minimum Gasteiger partial charge on any atom is -0.493 e. The molecule has 2 aliphatic carbocycles. The van der Waals surface area contributed by atoms with Crippen LogP contribution in [0.1, 0.15) is 33.7 Å². The maximum Gasteiger partial charge on any atom is 0.306 e. The number of fused-ring (bicyclic) bond motifs is 8. The summed E-state index contributed by atoms with van der Waals surface area (Å²) in [6.07, 6.45) is 14.6. The van der Waals surface area contributed by atoms with Crippen LogP contribution in [-0.4, -0.2) is 77.4 Å². The number of pyridine rings is 2. The van der Waals surface area contributed by atoms with Crippen LogP contribution in [0.3, 0.4) is 0 Å². The summed E-state index contributed by atoms with van der Waals surface area (Å²) in [6.45, 7) is 0. The Morgan fingerprint density at radius 3 is 1.72 bits per heavy atom. The molecule has 8 aromatic rings. The van der Waals surface area contributed by atoms with Crippen molar-refractivity contribution in [1.29, 1.82) is 0 Å². The predicted molar refractivity (Wildman–Crippen MR) is 218 cm³/mol. The molecule has 57 heavy (non-hydrogen) atoms. The van der Waals surface area contributed by atoms with Crippen molar-refractivity contribution in [1.82, 2.24) is 44.5 Å². The summed E-state index contributed by atoms with van der Waals surface area (Å²) in [5.74, 6) is 1.87. The smallest absolute Gasteiger partial charge is 0.306 e. The Labute approximate surface area is 332 Å². The molecule has 0 bridgehead atoms. The van der Waals surface area contributed by atoms with Gasteiger partial charge in [-0.2, -0.15) is 10.2 Å². The molecule has 1 amide bonds. The lowest BCUT2D eigenvalue weighted by Gasteiger charge is -2.21. The monoisotopic (exact) mass is 803 g/mol. The van der Waals surface area contributed by atoms with Gasteiger partial charge in [-0.15, -0.1) is 22.7 Å². The Morgan fingerprint density at radius 1 is 0.754 bits per heavy atom. The van der Waals surface area contributed by atoms with Crippen LogP contribution in [0, 0.1) is 11.8 Å². The largest absolute Gasteiger partial charge is 0.493 e. The fourth-order valence-electron chi connectivity index (χ4n) is 7.72. The van der Waals surface area contributed by atoms with Crippen molar-refractivity contribution in [3.05, 3.63) is 82.6 Å². The Hall–Kier alpha value is -6.40. The highest BCUT2D eigenvalue weighted by atomic mass is 32.1. The van der Waals surface area contributed by atoms with Gasteiger partial charge in [0.25, 0.3) is 0 Å². The van der Waals surface area contributed by atoms with Gasteiger partial charge < -0.3 is 30.5 Å². The molecular weight excluding hydrogens is 767 g/mol. The van der Waals surface area contributed by atoms with Crippen molar-refractivity contribution in [3.8, 4) is 11.5 Å². The summed E-state index contributed by atoms with van der Waals surface area (Å²) in [7, 11) is 4.95. The van der Waals surface area contributed by atoms with Gasteiger partial charge in [-0.25, -0.2) is 29.0 Å². The first-order valence-electron chi connectivity index (χ1n) is 18.3. The fourth-order valence-corrected chi connectivity index (χ4v) is 10.3. The van der Waals surface area contributed by atoms with Crippen LogP contribution in [0.5, 0.6) is 11.5 Å². The number of amides is 1. The number of aliphatic carboxylic acids is 1. The van der Waals surface area contributed by atoms with Crippen LogP contribution in [0.2, 0.25) is 0 Å². The summed E-state index contributed by atoms with van der Waals surface area (Å²) in [5, 5.41) is 29.5. The standard InChI is InChI=1S/C20H20N6O2S.C19H17N5O3S/c1-21-19(27)11-3-4-13-16(7-11)29-20-17(13)18(22-10-23-20)25-14-8-12-5-6-24-26(12)9-15(14)28-2;1-27-14-8-24-11(4-5-22-24)7-13(14)23-17-16-12-3-2-10(19(25)26)6-15(12)28-18(16)21-9-20-17/h5-6,8-11H,3-4,7H2,1-2H3,(H,21,27)(H,22,23,25);4-5,7-10H,2-3,6H2,1H3,(H,25,26)(H,20,21,23)/t11-;10-/m00/s1. The number of ether oxygens (including phenoxy) is 2. The molecule has 0 saturated heterocycles. The third kappa shape index (κ3) is 6.69. The van der Waals surface area contributed by atoms with E-state index in [4.69, 9.17) is 9.47 Å². The van der Waals surface area contributed by atoms with Crippen molar-refractivity contribution in [3.63, 3.8) is 0 Å². The van der Waals surface area contributed by atoms with E-state index in [9.17, 15) is 14.7 Å². The van der Waals surface area contributed by atoms with Crippen LogP contribution in [0.25, 0.3) is 31.5 Å². The van der Waals surface area contributed by atoms with Crippen LogP contribution in [-0.2, 0) is 35.3 Å². The number of nitrogens with zero attached hydrogens (tertiary/aromatic N) is 8. The number of hydrogen-bond donors (Lipinski definition) is 4. The number of rotatable bonds is 8. The van der Waals surface area contributed by atoms with Gasteiger partial charge in [-0.3, -0.25) is 9.59 Å². The summed E-state index contributed by atoms with van der Waals surface area (Å²) < 4.78 is 14.6. The molecule has 4 N–H and O–H groups in total.